The van der Waals surface area contributed by atoms with E-state index in [-0.39, 0.29) is 31.6 Å². The molecule has 0 heterocycles. The summed E-state index contributed by atoms with van der Waals surface area (Å²) in [6, 6.07) is 2.91. The van der Waals surface area contributed by atoms with E-state index in [9.17, 15) is 0 Å². The minimum atomic E-state index is 0.0410. The summed E-state index contributed by atoms with van der Waals surface area (Å²) in [5.74, 6) is 0. The third-order valence-electron chi connectivity index (χ3n) is 4.41. The van der Waals surface area contributed by atoms with Crippen LogP contribution in [-0.4, -0.2) is 58.0 Å². The first kappa shape index (κ1) is 27.3. The van der Waals surface area contributed by atoms with E-state index in [1.165, 1.54) is 24.9 Å². The summed E-state index contributed by atoms with van der Waals surface area (Å²) in [7, 11) is 0.288. The van der Waals surface area contributed by atoms with Gasteiger partial charge in [0.15, 0.2) is 12.6 Å². The van der Waals surface area contributed by atoms with Crippen molar-refractivity contribution in [1.29, 1.82) is 0 Å². The van der Waals surface area contributed by atoms with Gasteiger partial charge in [-0.25, -0.2) is 0 Å². The van der Waals surface area contributed by atoms with Crippen LogP contribution in [0, 0.1) is 0 Å². The summed E-state index contributed by atoms with van der Waals surface area (Å²) in [6.45, 7) is 11.9. The summed E-state index contributed by atoms with van der Waals surface area (Å²) in [5.41, 5.74) is 1.60. The molecule has 0 amide bonds. The van der Waals surface area contributed by atoms with Gasteiger partial charge in [-0.1, -0.05) is 58.3 Å². The van der Waals surface area contributed by atoms with Gasteiger partial charge in [-0.15, -0.1) is 0 Å². The van der Waals surface area contributed by atoms with Crippen LogP contribution in [0.2, 0.25) is 17.8 Å². The zero-order chi connectivity index (χ0) is 20.0. The zero-order valence-corrected chi connectivity index (χ0v) is 21.6. The molecule has 0 saturated heterocycles. The summed E-state index contributed by atoms with van der Waals surface area (Å²) in [6.07, 6.45) is 9.10. The van der Waals surface area contributed by atoms with Gasteiger partial charge in [-0.3, -0.25) is 0 Å². The molecular weight excluding hydrogens is 372 g/mol. The Labute approximate surface area is 174 Å². The molecule has 0 spiro atoms. The van der Waals surface area contributed by atoms with E-state index >= 15 is 0 Å². The lowest BCUT2D eigenvalue weighted by molar-refractivity contribution is -0.146. The smallest absolute Gasteiger partial charge is 0.157 e. The summed E-state index contributed by atoms with van der Waals surface area (Å²) in [4.78, 5) is 0. The van der Waals surface area contributed by atoms with Gasteiger partial charge in [-0.05, 0) is 38.5 Å². The Balaban J connectivity index is 3.59. The molecule has 0 fully saturated rings. The molecule has 0 rings (SSSR count). The topological polar surface area (TPSA) is 36.9 Å². The van der Waals surface area contributed by atoms with Crippen LogP contribution in [0.1, 0.15) is 79.1 Å². The van der Waals surface area contributed by atoms with Crippen LogP contribution in [0.3, 0.4) is 0 Å². The van der Waals surface area contributed by atoms with E-state index in [4.69, 9.17) is 18.9 Å². The van der Waals surface area contributed by atoms with Gasteiger partial charge in [0.05, 0.1) is 0 Å². The molecule has 164 valence electrons. The van der Waals surface area contributed by atoms with Crippen LogP contribution < -0.4 is 0 Å². The first-order valence-electron chi connectivity index (χ1n) is 11.7. The molecule has 0 aliphatic heterocycles. The highest BCUT2D eigenvalue weighted by atomic mass is 28.3. The van der Waals surface area contributed by atoms with Crippen molar-refractivity contribution in [2.45, 2.75) is 109 Å². The van der Waals surface area contributed by atoms with E-state index in [0.29, 0.717) is 0 Å². The lowest BCUT2D eigenvalue weighted by atomic mass is 10.3. The molecule has 0 aliphatic carbocycles. The molecule has 0 atom stereocenters. The van der Waals surface area contributed by atoms with Gasteiger partial charge >= 0.3 is 0 Å². The Hall–Kier alpha value is 0.274. The Morgan fingerprint density at radius 1 is 0.556 bits per heavy atom. The maximum absolute atomic E-state index is 5.81. The predicted octanol–water partition coefficient (Wildman–Crippen LogP) is 4.46. The highest BCUT2D eigenvalue weighted by molar-refractivity contribution is 6.55. The Kier molecular flexibility index (Phi) is 22.8. The molecular formula is C21H48O4Si2. The lowest BCUT2D eigenvalue weighted by Gasteiger charge is -2.18. The maximum Gasteiger partial charge on any atom is 0.157 e. The molecule has 0 aliphatic rings. The average molecular weight is 421 g/mol. The van der Waals surface area contributed by atoms with Crippen molar-refractivity contribution >= 4 is 19.0 Å². The minimum absolute atomic E-state index is 0.0410. The average Bonchev–Trinajstić information content (AvgIpc) is 2.69. The zero-order valence-electron chi connectivity index (χ0n) is 18.8. The number of ether oxygens (including phenoxy) is 4. The molecule has 0 N–H and O–H groups in total. The van der Waals surface area contributed by atoms with E-state index in [1.807, 2.05) is 0 Å². The number of hydrogen-bond acceptors (Lipinski definition) is 4. The first-order chi connectivity index (χ1) is 13.3. The molecule has 6 heteroatoms. The summed E-state index contributed by atoms with van der Waals surface area (Å²) in [5, 5.41) is 0. The van der Waals surface area contributed by atoms with Gasteiger partial charge < -0.3 is 18.9 Å². The first-order valence-corrected chi connectivity index (χ1v) is 15.7. The van der Waals surface area contributed by atoms with Crippen molar-refractivity contribution in [2.24, 2.45) is 0 Å². The standard InChI is InChI=1S/C21H48O4Si2/c1-5-13-22-20(23-14-6-2)11-9-17-26-19-27-18-10-12-21(24-15-7-3)25-16-8-4/h20-21H,5-19,26-27H2,1-4H3. The molecule has 0 radical (unpaired) electrons. The lowest BCUT2D eigenvalue weighted by Crippen LogP contribution is -2.19. The molecule has 0 aromatic heterocycles. The molecule has 4 nitrogen and oxygen atoms in total. The van der Waals surface area contributed by atoms with E-state index < -0.39 is 0 Å². The van der Waals surface area contributed by atoms with Crippen molar-refractivity contribution in [1.82, 2.24) is 0 Å². The van der Waals surface area contributed by atoms with Crippen molar-refractivity contribution in [3.63, 3.8) is 0 Å². The van der Waals surface area contributed by atoms with Crippen molar-refractivity contribution in [3.8, 4) is 0 Å². The second kappa shape index (κ2) is 22.6. The second-order valence-corrected chi connectivity index (χ2v) is 13.1. The fourth-order valence-corrected chi connectivity index (χ4v) is 8.46. The van der Waals surface area contributed by atoms with Gasteiger partial charge in [-0.2, -0.15) is 0 Å². The predicted molar refractivity (Wildman–Crippen MR) is 123 cm³/mol. The van der Waals surface area contributed by atoms with Gasteiger partial charge in [0.2, 0.25) is 0 Å². The van der Waals surface area contributed by atoms with Crippen LogP contribution in [0.25, 0.3) is 0 Å². The van der Waals surface area contributed by atoms with Crippen LogP contribution in [0.5, 0.6) is 0 Å². The number of hydrogen-bond donors (Lipinski definition) is 0. The maximum atomic E-state index is 5.81. The Bertz CT molecular complexity index is 241. The van der Waals surface area contributed by atoms with Gasteiger partial charge in [0.25, 0.3) is 0 Å². The highest BCUT2D eigenvalue weighted by Gasteiger charge is 2.09. The monoisotopic (exact) mass is 420 g/mol. The normalized spacial score (nSPS) is 12.7. The van der Waals surface area contributed by atoms with Crippen LogP contribution in [0.15, 0.2) is 0 Å². The fraction of sp³-hybridized carbons (Fsp3) is 1.00. The third-order valence-corrected chi connectivity index (χ3v) is 10.4. The summed E-state index contributed by atoms with van der Waals surface area (Å²) < 4.78 is 23.2. The van der Waals surface area contributed by atoms with E-state index in [0.717, 1.165) is 65.0 Å². The van der Waals surface area contributed by atoms with Crippen LogP contribution in [0.4, 0.5) is 0 Å². The molecule has 0 bridgehead atoms. The third kappa shape index (κ3) is 19.4. The molecule has 0 aromatic carbocycles. The highest BCUT2D eigenvalue weighted by Crippen LogP contribution is 2.11. The van der Waals surface area contributed by atoms with Gasteiger partial charge in [0, 0.05) is 45.5 Å². The molecule has 0 saturated carbocycles. The molecule has 0 aromatic rings. The summed E-state index contributed by atoms with van der Waals surface area (Å²) >= 11 is 0. The fourth-order valence-electron chi connectivity index (χ4n) is 2.93. The van der Waals surface area contributed by atoms with Crippen molar-refractivity contribution < 1.29 is 18.9 Å². The molecule has 27 heavy (non-hydrogen) atoms. The Morgan fingerprint density at radius 3 is 1.19 bits per heavy atom. The van der Waals surface area contributed by atoms with Crippen molar-refractivity contribution in [3.05, 3.63) is 0 Å². The van der Waals surface area contributed by atoms with Gasteiger partial charge in [0.1, 0.15) is 0 Å². The Morgan fingerprint density at radius 2 is 0.889 bits per heavy atom. The second-order valence-electron chi connectivity index (χ2n) is 7.39. The quantitative estimate of drug-likeness (QED) is 0.147. The SMILES string of the molecule is CCCOC(CCC[SiH2]C[SiH2]CCCC(OCCC)OCCC)OCCC. The van der Waals surface area contributed by atoms with Crippen LogP contribution >= 0.6 is 0 Å². The number of rotatable bonds is 22. The minimum Gasteiger partial charge on any atom is -0.353 e. The largest absolute Gasteiger partial charge is 0.353 e. The van der Waals surface area contributed by atoms with Crippen LogP contribution in [-0.2, 0) is 18.9 Å². The van der Waals surface area contributed by atoms with Crippen molar-refractivity contribution in [2.75, 3.05) is 26.4 Å². The van der Waals surface area contributed by atoms with E-state index in [2.05, 4.69) is 27.7 Å². The molecule has 0 unspecified atom stereocenters. The van der Waals surface area contributed by atoms with E-state index in [1.54, 1.807) is 5.67 Å².